The first kappa shape index (κ1) is 14.5. The lowest BCUT2D eigenvalue weighted by Gasteiger charge is -2.36. The van der Waals surface area contributed by atoms with Crippen LogP contribution >= 0.6 is 0 Å². The Kier molecular flexibility index (Phi) is 4.51. The fraction of sp³-hybridized carbons (Fsp3) is 0.625. The Bertz CT molecular complexity index is 470. The lowest BCUT2D eigenvalue weighted by atomic mass is 10.1. The van der Waals surface area contributed by atoms with Crippen LogP contribution in [0.1, 0.15) is 24.8 Å². The average Bonchev–Trinajstić information content (AvgIpc) is 2.95. The SMILES string of the molecule is NC1CCC(C(=O)N2CCN(Cc3cccnc3)CC2)C1. The van der Waals surface area contributed by atoms with E-state index in [0.29, 0.717) is 5.91 Å². The van der Waals surface area contributed by atoms with Crippen molar-refractivity contribution in [2.24, 2.45) is 11.7 Å². The highest BCUT2D eigenvalue weighted by molar-refractivity contribution is 5.79. The van der Waals surface area contributed by atoms with Crippen molar-refractivity contribution in [3.8, 4) is 0 Å². The lowest BCUT2D eigenvalue weighted by molar-refractivity contribution is -0.137. The van der Waals surface area contributed by atoms with Crippen molar-refractivity contribution >= 4 is 5.91 Å². The molecule has 1 aliphatic heterocycles. The Balaban J connectivity index is 1.47. The van der Waals surface area contributed by atoms with E-state index in [9.17, 15) is 4.79 Å². The van der Waals surface area contributed by atoms with E-state index < -0.39 is 0 Å². The first-order valence-corrected chi connectivity index (χ1v) is 7.88. The average molecular weight is 288 g/mol. The molecule has 1 saturated carbocycles. The minimum absolute atomic E-state index is 0.171. The number of carbonyl (C=O) groups is 1. The molecule has 0 radical (unpaired) electrons. The van der Waals surface area contributed by atoms with Gasteiger partial charge in [0.15, 0.2) is 0 Å². The molecule has 0 aromatic carbocycles. The van der Waals surface area contributed by atoms with Gasteiger partial charge in [0.1, 0.15) is 0 Å². The summed E-state index contributed by atoms with van der Waals surface area (Å²) in [5.74, 6) is 0.494. The third-order valence-electron chi connectivity index (χ3n) is 4.64. The molecule has 2 aliphatic rings. The molecule has 1 aromatic heterocycles. The van der Waals surface area contributed by atoms with Crippen LogP contribution in [-0.2, 0) is 11.3 Å². The molecule has 2 heterocycles. The summed E-state index contributed by atoms with van der Waals surface area (Å²) < 4.78 is 0. The van der Waals surface area contributed by atoms with Crippen molar-refractivity contribution < 1.29 is 4.79 Å². The second-order valence-electron chi connectivity index (χ2n) is 6.23. The van der Waals surface area contributed by atoms with Gasteiger partial charge < -0.3 is 10.6 Å². The summed E-state index contributed by atoms with van der Waals surface area (Å²) >= 11 is 0. The van der Waals surface area contributed by atoms with Crippen LogP contribution in [0.15, 0.2) is 24.5 Å². The quantitative estimate of drug-likeness (QED) is 0.896. The van der Waals surface area contributed by atoms with Gasteiger partial charge in [-0.15, -0.1) is 0 Å². The van der Waals surface area contributed by atoms with Gasteiger partial charge in [-0.05, 0) is 30.9 Å². The van der Waals surface area contributed by atoms with Crippen molar-refractivity contribution in [2.45, 2.75) is 31.8 Å². The molecule has 1 saturated heterocycles. The number of nitrogens with two attached hydrogens (primary N) is 1. The van der Waals surface area contributed by atoms with Gasteiger partial charge in [-0.2, -0.15) is 0 Å². The molecule has 1 amide bonds. The van der Waals surface area contributed by atoms with Crippen LogP contribution in [0, 0.1) is 5.92 Å². The number of piperazine rings is 1. The van der Waals surface area contributed by atoms with Crippen LogP contribution < -0.4 is 5.73 Å². The smallest absolute Gasteiger partial charge is 0.225 e. The molecule has 21 heavy (non-hydrogen) atoms. The second-order valence-corrected chi connectivity index (χ2v) is 6.23. The predicted octanol–water partition coefficient (Wildman–Crippen LogP) is 0.853. The minimum atomic E-state index is 0.171. The van der Waals surface area contributed by atoms with Gasteiger partial charge in [0.05, 0.1) is 0 Å². The summed E-state index contributed by atoms with van der Waals surface area (Å²) in [5.41, 5.74) is 7.15. The van der Waals surface area contributed by atoms with Gasteiger partial charge in [0, 0.05) is 57.1 Å². The van der Waals surface area contributed by atoms with Crippen molar-refractivity contribution in [1.29, 1.82) is 0 Å². The van der Waals surface area contributed by atoms with E-state index in [2.05, 4.69) is 16.0 Å². The number of aromatic nitrogens is 1. The van der Waals surface area contributed by atoms with Crippen LogP contribution in [0.2, 0.25) is 0 Å². The molecule has 2 atom stereocenters. The maximum Gasteiger partial charge on any atom is 0.225 e. The maximum absolute atomic E-state index is 12.5. The molecule has 5 heteroatoms. The van der Waals surface area contributed by atoms with Gasteiger partial charge in [0.2, 0.25) is 5.91 Å². The van der Waals surface area contributed by atoms with Gasteiger partial charge in [-0.25, -0.2) is 0 Å². The van der Waals surface area contributed by atoms with Gasteiger partial charge in [0.25, 0.3) is 0 Å². The van der Waals surface area contributed by atoms with Crippen molar-refractivity contribution in [3.05, 3.63) is 30.1 Å². The molecule has 2 N–H and O–H groups in total. The highest BCUT2D eigenvalue weighted by atomic mass is 16.2. The zero-order valence-corrected chi connectivity index (χ0v) is 12.4. The molecule has 3 rings (SSSR count). The topological polar surface area (TPSA) is 62.5 Å². The second kappa shape index (κ2) is 6.54. The predicted molar refractivity (Wildman–Crippen MR) is 81.4 cm³/mol. The number of rotatable bonds is 3. The van der Waals surface area contributed by atoms with Crippen LogP contribution in [0.3, 0.4) is 0 Å². The molecular weight excluding hydrogens is 264 g/mol. The standard InChI is InChI=1S/C16H24N4O/c17-15-4-3-14(10-15)16(21)20-8-6-19(7-9-20)12-13-2-1-5-18-11-13/h1-2,5,11,14-15H,3-4,6-10,12,17H2. The van der Waals surface area contributed by atoms with Crippen molar-refractivity contribution in [2.75, 3.05) is 26.2 Å². The van der Waals surface area contributed by atoms with Crippen molar-refractivity contribution in [3.63, 3.8) is 0 Å². The Morgan fingerprint density at radius 2 is 2.10 bits per heavy atom. The molecule has 114 valence electrons. The molecule has 5 nitrogen and oxygen atoms in total. The number of hydrogen-bond acceptors (Lipinski definition) is 4. The number of pyridine rings is 1. The molecular formula is C16H24N4O. The third-order valence-corrected chi connectivity index (χ3v) is 4.64. The van der Waals surface area contributed by atoms with Crippen LogP contribution in [0.5, 0.6) is 0 Å². The van der Waals surface area contributed by atoms with Crippen molar-refractivity contribution in [1.82, 2.24) is 14.8 Å². The largest absolute Gasteiger partial charge is 0.340 e. The summed E-state index contributed by atoms with van der Waals surface area (Å²) in [6, 6.07) is 4.30. The summed E-state index contributed by atoms with van der Waals surface area (Å²) in [7, 11) is 0. The highest BCUT2D eigenvalue weighted by Crippen LogP contribution is 2.26. The Labute approximate surface area is 126 Å². The normalized spacial score (nSPS) is 27.0. The zero-order chi connectivity index (χ0) is 14.7. The summed E-state index contributed by atoms with van der Waals surface area (Å²) in [6.45, 7) is 4.48. The molecule has 0 bridgehead atoms. The fourth-order valence-electron chi connectivity index (χ4n) is 3.38. The third kappa shape index (κ3) is 3.60. The van der Waals surface area contributed by atoms with E-state index >= 15 is 0 Å². The van der Waals surface area contributed by atoms with Gasteiger partial charge >= 0.3 is 0 Å². The van der Waals surface area contributed by atoms with E-state index in [1.807, 2.05) is 17.2 Å². The summed E-state index contributed by atoms with van der Waals surface area (Å²) in [5, 5.41) is 0. The molecule has 1 aliphatic carbocycles. The Morgan fingerprint density at radius 1 is 1.29 bits per heavy atom. The zero-order valence-electron chi connectivity index (χ0n) is 12.4. The molecule has 0 spiro atoms. The monoisotopic (exact) mass is 288 g/mol. The van der Waals surface area contributed by atoms with E-state index in [4.69, 9.17) is 5.73 Å². The lowest BCUT2D eigenvalue weighted by Crippen LogP contribution is -2.49. The minimum Gasteiger partial charge on any atom is -0.340 e. The first-order chi connectivity index (χ1) is 10.2. The number of hydrogen-bond donors (Lipinski definition) is 1. The number of carbonyl (C=O) groups excluding carboxylic acids is 1. The summed E-state index contributed by atoms with van der Waals surface area (Å²) in [6.07, 6.45) is 6.55. The van der Waals surface area contributed by atoms with Crippen LogP contribution in [-0.4, -0.2) is 52.9 Å². The van der Waals surface area contributed by atoms with Gasteiger partial charge in [-0.1, -0.05) is 6.07 Å². The number of nitrogens with zero attached hydrogens (tertiary/aromatic N) is 3. The highest BCUT2D eigenvalue weighted by Gasteiger charge is 2.32. The van der Waals surface area contributed by atoms with E-state index in [0.717, 1.165) is 52.0 Å². The summed E-state index contributed by atoms with van der Waals surface area (Å²) in [4.78, 5) is 21.0. The van der Waals surface area contributed by atoms with Gasteiger partial charge in [-0.3, -0.25) is 14.7 Å². The Hall–Kier alpha value is -1.46. The van der Waals surface area contributed by atoms with Crippen LogP contribution in [0.25, 0.3) is 0 Å². The Morgan fingerprint density at radius 3 is 2.71 bits per heavy atom. The van der Waals surface area contributed by atoms with E-state index in [1.54, 1.807) is 6.20 Å². The fourth-order valence-corrected chi connectivity index (χ4v) is 3.38. The maximum atomic E-state index is 12.5. The molecule has 1 aromatic rings. The van der Waals surface area contributed by atoms with E-state index in [-0.39, 0.29) is 12.0 Å². The van der Waals surface area contributed by atoms with Crippen LogP contribution in [0.4, 0.5) is 0 Å². The first-order valence-electron chi connectivity index (χ1n) is 7.88. The number of amides is 1. The molecule has 2 fully saturated rings. The molecule has 2 unspecified atom stereocenters. The van der Waals surface area contributed by atoms with E-state index in [1.165, 1.54) is 5.56 Å².